The predicted molar refractivity (Wildman–Crippen MR) is 111 cm³/mol. The molecule has 0 saturated heterocycles. The average Bonchev–Trinajstić information content (AvgIpc) is 2.67. The number of carbonyl (C=O) groups excluding carboxylic acids is 1. The minimum Gasteiger partial charge on any atom is -0.339 e. The zero-order valence-electron chi connectivity index (χ0n) is 15.5. The molecule has 2 N–H and O–H groups in total. The Morgan fingerprint density at radius 3 is 2.47 bits per heavy atom. The molecule has 2 aromatic rings. The molecule has 1 aliphatic rings. The SMILES string of the molecule is CC1(Cl)C(S(=O)(=O)O)=C(Nc2ccc([N+](=O)[O-])cn2)C=CC1C(=O)c1ccccc1. The fourth-order valence-electron chi connectivity index (χ4n) is 3.16. The van der Waals surface area contributed by atoms with Crippen LogP contribution in [0.1, 0.15) is 17.3 Å². The highest BCUT2D eigenvalue weighted by Gasteiger charge is 2.47. The van der Waals surface area contributed by atoms with Crippen LogP contribution in [0.15, 0.2) is 71.4 Å². The molecule has 0 spiro atoms. The highest BCUT2D eigenvalue weighted by molar-refractivity contribution is 7.90. The Morgan fingerprint density at radius 1 is 1.27 bits per heavy atom. The second-order valence-electron chi connectivity index (χ2n) is 6.64. The predicted octanol–water partition coefficient (Wildman–Crippen LogP) is 3.57. The first-order chi connectivity index (χ1) is 14.0. The first-order valence-corrected chi connectivity index (χ1v) is 10.4. The topological polar surface area (TPSA) is 140 Å². The molecule has 1 aliphatic carbocycles. The quantitative estimate of drug-likeness (QED) is 0.224. The Balaban J connectivity index is 2.02. The lowest BCUT2D eigenvalue weighted by Crippen LogP contribution is -2.41. The van der Waals surface area contributed by atoms with Crippen LogP contribution in [-0.4, -0.2) is 33.5 Å². The van der Waals surface area contributed by atoms with Crippen LogP contribution < -0.4 is 5.32 Å². The zero-order chi connectivity index (χ0) is 22.1. The van der Waals surface area contributed by atoms with E-state index in [1.807, 2.05) is 0 Å². The van der Waals surface area contributed by atoms with Gasteiger partial charge >= 0.3 is 0 Å². The summed E-state index contributed by atoms with van der Waals surface area (Å²) in [6.07, 6.45) is 3.73. The third-order valence-corrected chi connectivity index (χ3v) is 6.24. The highest BCUT2D eigenvalue weighted by Crippen LogP contribution is 2.43. The van der Waals surface area contributed by atoms with Crippen molar-refractivity contribution in [2.75, 3.05) is 5.32 Å². The summed E-state index contributed by atoms with van der Waals surface area (Å²) in [6, 6.07) is 10.7. The van der Waals surface area contributed by atoms with Gasteiger partial charge in [-0.2, -0.15) is 8.42 Å². The molecule has 9 nitrogen and oxygen atoms in total. The maximum Gasteiger partial charge on any atom is 0.294 e. The number of hydrogen-bond donors (Lipinski definition) is 2. The standard InChI is InChI=1S/C19H16ClN3O6S/c1-19(20)14(17(24)12-5-3-2-4-6-12)8-9-15(18(19)30(27,28)29)22-16-10-7-13(11-21-16)23(25)26/h2-11,14H,1H3,(H,21,22)(H,27,28,29). The number of ketones is 1. The lowest BCUT2D eigenvalue weighted by atomic mass is 9.82. The van der Waals surface area contributed by atoms with Crippen LogP contribution in [0.4, 0.5) is 11.5 Å². The second-order valence-corrected chi connectivity index (χ2v) is 8.79. The minimum atomic E-state index is -4.83. The van der Waals surface area contributed by atoms with Crippen LogP contribution in [0.25, 0.3) is 0 Å². The smallest absolute Gasteiger partial charge is 0.294 e. The fourth-order valence-corrected chi connectivity index (χ4v) is 4.76. The summed E-state index contributed by atoms with van der Waals surface area (Å²) in [5.74, 6) is -1.41. The number of alkyl halides is 1. The number of nitrogens with zero attached hydrogens (tertiary/aromatic N) is 2. The molecular weight excluding hydrogens is 434 g/mol. The van der Waals surface area contributed by atoms with Crippen molar-refractivity contribution >= 4 is 39.0 Å². The maximum absolute atomic E-state index is 12.9. The summed E-state index contributed by atoms with van der Waals surface area (Å²) in [5, 5.41) is 13.4. The van der Waals surface area contributed by atoms with Gasteiger partial charge in [0.1, 0.15) is 16.9 Å². The third-order valence-electron chi connectivity index (χ3n) is 4.55. The van der Waals surface area contributed by atoms with Crippen molar-refractivity contribution < 1.29 is 22.7 Å². The number of carbonyl (C=O) groups is 1. The number of nitro groups is 1. The van der Waals surface area contributed by atoms with E-state index in [4.69, 9.17) is 11.6 Å². The number of hydrogen-bond acceptors (Lipinski definition) is 7. The van der Waals surface area contributed by atoms with Gasteiger partial charge in [-0.25, -0.2) is 4.98 Å². The zero-order valence-corrected chi connectivity index (χ0v) is 17.1. The molecule has 1 heterocycles. The number of benzene rings is 1. The van der Waals surface area contributed by atoms with E-state index in [1.165, 1.54) is 31.2 Å². The van der Waals surface area contributed by atoms with Gasteiger partial charge in [-0.1, -0.05) is 36.4 Å². The van der Waals surface area contributed by atoms with Crippen LogP contribution in [0, 0.1) is 16.0 Å². The van der Waals surface area contributed by atoms with Crippen molar-refractivity contribution in [1.29, 1.82) is 0 Å². The number of halogens is 1. The van der Waals surface area contributed by atoms with E-state index in [1.54, 1.807) is 30.3 Å². The molecule has 2 atom stereocenters. The van der Waals surface area contributed by atoms with Crippen LogP contribution >= 0.6 is 11.6 Å². The first kappa shape index (κ1) is 21.6. The van der Waals surface area contributed by atoms with Crippen molar-refractivity contribution in [3.63, 3.8) is 0 Å². The van der Waals surface area contributed by atoms with Crippen LogP contribution in [-0.2, 0) is 10.1 Å². The van der Waals surface area contributed by atoms with Gasteiger partial charge in [-0.3, -0.25) is 19.5 Å². The van der Waals surface area contributed by atoms with Gasteiger partial charge in [0.25, 0.3) is 15.8 Å². The molecule has 0 saturated carbocycles. The highest BCUT2D eigenvalue weighted by atomic mass is 35.5. The molecule has 0 fully saturated rings. The summed E-state index contributed by atoms with van der Waals surface area (Å²) < 4.78 is 34.2. The molecule has 30 heavy (non-hydrogen) atoms. The van der Waals surface area contributed by atoms with E-state index in [0.717, 1.165) is 6.20 Å². The Hall–Kier alpha value is -3.08. The Kier molecular flexibility index (Phi) is 5.75. The van der Waals surface area contributed by atoms with Gasteiger partial charge in [0.2, 0.25) is 0 Å². The summed E-state index contributed by atoms with van der Waals surface area (Å²) in [7, 11) is -4.83. The number of rotatable bonds is 6. The van der Waals surface area contributed by atoms with E-state index in [2.05, 4.69) is 10.3 Å². The van der Waals surface area contributed by atoms with Gasteiger partial charge in [-0.15, -0.1) is 11.6 Å². The average molecular weight is 450 g/mol. The lowest BCUT2D eigenvalue weighted by molar-refractivity contribution is -0.385. The molecular formula is C19H16ClN3O6S. The van der Waals surface area contributed by atoms with Crippen LogP contribution in [0.5, 0.6) is 0 Å². The number of aromatic nitrogens is 1. The second kappa shape index (κ2) is 7.98. The fraction of sp³-hybridized carbons (Fsp3) is 0.158. The Morgan fingerprint density at radius 2 is 1.93 bits per heavy atom. The number of Topliss-reactive ketones (excluding diaryl/α,β-unsaturated/α-hetero) is 1. The number of nitrogens with one attached hydrogen (secondary N) is 1. The molecule has 0 radical (unpaired) electrons. The third kappa shape index (κ3) is 4.25. The van der Waals surface area contributed by atoms with Crippen LogP contribution in [0.2, 0.25) is 0 Å². The molecule has 0 bridgehead atoms. The number of allylic oxidation sites excluding steroid dienone is 3. The van der Waals surface area contributed by atoms with Gasteiger partial charge < -0.3 is 5.32 Å². The van der Waals surface area contributed by atoms with Crippen molar-refractivity contribution in [3.8, 4) is 0 Å². The summed E-state index contributed by atoms with van der Waals surface area (Å²) in [5.41, 5.74) is -0.0185. The van der Waals surface area contributed by atoms with E-state index in [9.17, 15) is 27.9 Å². The van der Waals surface area contributed by atoms with Gasteiger partial charge in [0, 0.05) is 11.6 Å². The number of pyridine rings is 1. The van der Waals surface area contributed by atoms with E-state index in [0.29, 0.717) is 5.56 Å². The van der Waals surface area contributed by atoms with E-state index in [-0.39, 0.29) is 17.2 Å². The molecule has 0 amide bonds. The monoisotopic (exact) mass is 449 g/mol. The molecule has 0 aliphatic heterocycles. The maximum atomic E-state index is 12.9. The lowest BCUT2D eigenvalue weighted by Gasteiger charge is -2.34. The van der Waals surface area contributed by atoms with Crippen molar-refractivity contribution in [2.45, 2.75) is 11.8 Å². The first-order valence-electron chi connectivity index (χ1n) is 8.58. The van der Waals surface area contributed by atoms with Crippen molar-refractivity contribution in [3.05, 3.63) is 87.1 Å². The van der Waals surface area contributed by atoms with Gasteiger partial charge in [0.15, 0.2) is 5.78 Å². The molecule has 1 aromatic carbocycles. The van der Waals surface area contributed by atoms with E-state index < -0.39 is 36.5 Å². The minimum absolute atomic E-state index is 0.0849. The largest absolute Gasteiger partial charge is 0.339 e. The molecule has 156 valence electrons. The van der Waals surface area contributed by atoms with Gasteiger partial charge in [0.05, 0.1) is 21.4 Å². The molecule has 1 aromatic heterocycles. The summed E-state index contributed by atoms with van der Waals surface area (Å²) >= 11 is 6.54. The van der Waals surface area contributed by atoms with Crippen LogP contribution in [0.3, 0.4) is 0 Å². The molecule has 3 rings (SSSR count). The molecule has 2 unspecified atom stereocenters. The molecule has 11 heteroatoms. The van der Waals surface area contributed by atoms with Crippen molar-refractivity contribution in [2.24, 2.45) is 5.92 Å². The summed E-state index contributed by atoms with van der Waals surface area (Å²) in [4.78, 5) is 24.5. The Bertz CT molecular complexity index is 1160. The van der Waals surface area contributed by atoms with E-state index >= 15 is 0 Å². The van der Waals surface area contributed by atoms with Crippen molar-refractivity contribution in [1.82, 2.24) is 4.98 Å². The summed E-state index contributed by atoms with van der Waals surface area (Å²) in [6.45, 7) is 1.32. The number of anilines is 1. The van der Waals surface area contributed by atoms with Gasteiger partial charge in [-0.05, 0) is 19.1 Å². The Labute approximate surface area is 177 Å². The normalized spacial score (nSPS) is 21.4.